The monoisotopic (exact) mass is 286 g/mol. The molecule has 0 heterocycles. The second-order valence-electron chi connectivity index (χ2n) is 5.39. The summed E-state index contributed by atoms with van der Waals surface area (Å²) in [5.41, 5.74) is 0.665. The molecule has 5 nitrogen and oxygen atoms in total. The van der Waals surface area contributed by atoms with Gasteiger partial charge in [0.05, 0.1) is 11.6 Å². The van der Waals surface area contributed by atoms with Crippen molar-refractivity contribution in [3.63, 3.8) is 0 Å². The minimum absolute atomic E-state index is 0.365. The molecule has 0 bridgehead atoms. The molecule has 21 heavy (non-hydrogen) atoms. The van der Waals surface area contributed by atoms with Gasteiger partial charge in [-0.1, -0.05) is 17.7 Å². The smallest absolute Gasteiger partial charge is 0.338 e. The van der Waals surface area contributed by atoms with E-state index >= 15 is 0 Å². The second-order valence-corrected chi connectivity index (χ2v) is 5.39. The maximum atomic E-state index is 11.8. The van der Waals surface area contributed by atoms with Gasteiger partial charge in [-0.05, 0) is 44.7 Å². The van der Waals surface area contributed by atoms with Crippen molar-refractivity contribution in [2.24, 2.45) is 0 Å². The predicted molar refractivity (Wildman–Crippen MR) is 76.4 cm³/mol. The van der Waals surface area contributed by atoms with Crippen LogP contribution in [0.5, 0.6) is 0 Å². The Bertz CT molecular complexity index is 566. The zero-order valence-corrected chi connectivity index (χ0v) is 12.0. The number of rotatable bonds is 4. The molecule has 1 amide bonds. The van der Waals surface area contributed by atoms with Crippen molar-refractivity contribution in [2.75, 3.05) is 6.61 Å². The van der Waals surface area contributed by atoms with Crippen LogP contribution in [0.25, 0.3) is 0 Å². The van der Waals surface area contributed by atoms with Gasteiger partial charge in [0.1, 0.15) is 5.54 Å². The largest absolute Gasteiger partial charge is 0.452 e. The molecular formula is C16H18N2O3. The molecule has 1 N–H and O–H groups in total. The Balaban J connectivity index is 1.85. The molecule has 2 rings (SSSR count). The number of benzene rings is 1. The van der Waals surface area contributed by atoms with Crippen LogP contribution in [0.15, 0.2) is 24.3 Å². The summed E-state index contributed by atoms with van der Waals surface area (Å²) in [4.78, 5) is 23.6. The number of ether oxygens (including phenoxy) is 1. The Morgan fingerprint density at radius 3 is 2.48 bits per heavy atom. The fourth-order valence-corrected chi connectivity index (χ4v) is 2.45. The van der Waals surface area contributed by atoms with Gasteiger partial charge in [0.15, 0.2) is 6.61 Å². The summed E-state index contributed by atoms with van der Waals surface area (Å²) in [6.45, 7) is 1.56. The van der Waals surface area contributed by atoms with Crippen molar-refractivity contribution in [1.82, 2.24) is 5.32 Å². The zero-order chi connectivity index (χ0) is 15.3. The molecule has 1 aliphatic carbocycles. The third-order valence-corrected chi connectivity index (χ3v) is 3.67. The van der Waals surface area contributed by atoms with E-state index < -0.39 is 17.4 Å². The summed E-state index contributed by atoms with van der Waals surface area (Å²) in [5.74, 6) is -0.971. The Morgan fingerprint density at radius 1 is 1.29 bits per heavy atom. The van der Waals surface area contributed by atoms with E-state index in [1.165, 1.54) is 0 Å². The predicted octanol–water partition coefficient (Wildman–Crippen LogP) is 2.10. The van der Waals surface area contributed by atoms with Crippen LogP contribution in [-0.4, -0.2) is 24.0 Å². The van der Waals surface area contributed by atoms with Crippen molar-refractivity contribution >= 4 is 11.9 Å². The molecule has 0 spiro atoms. The van der Waals surface area contributed by atoms with E-state index in [1.54, 1.807) is 24.3 Å². The Hall–Kier alpha value is -2.35. The van der Waals surface area contributed by atoms with Gasteiger partial charge in [-0.3, -0.25) is 4.79 Å². The minimum Gasteiger partial charge on any atom is -0.452 e. The summed E-state index contributed by atoms with van der Waals surface area (Å²) in [6, 6.07) is 9.08. The molecule has 110 valence electrons. The third-order valence-electron chi connectivity index (χ3n) is 3.67. The van der Waals surface area contributed by atoms with Crippen LogP contribution in [-0.2, 0) is 9.53 Å². The van der Waals surface area contributed by atoms with Crippen LogP contribution in [0.2, 0.25) is 0 Å². The lowest BCUT2D eigenvalue weighted by Crippen LogP contribution is -2.46. The fourth-order valence-electron chi connectivity index (χ4n) is 2.45. The highest BCUT2D eigenvalue weighted by atomic mass is 16.5. The number of aryl methyl sites for hydroxylation is 1. The molecular weight excluding hydrogens is 268 g/mol. The maximum Gasteiger partial charge on any atom is 0.338 e. The van der Waals surface area contributed by atoms with Crippen LogP contribution in [0.1, 0.15) is 41.6 Å². The van der Waals surface area contributed by atoms with Crippen molar-refractivity contribution < 1.29 is 14.3 Å². The highest BCUT2D eigenvalue weighted by molar-refractivity contribution is 5.91. The first-order chi connectivity index (χ1) is 10.0. The summed E-state index contributed by atoms with van der Waals surface area (Å²) in [5, 5.41) is 11.9. The molecule has 0 radical (unpaired) electrons. The summed E-state index contributed by atoms with van der Waals surface area (Å²) in [6.07, 6.45) is 3.16. The van der Waals surface area contributed by atoms with Crippen LogP contribution >= 0.6 is 0 Å². The molecule has 1 saturated carbocycles. The average molecular weight is 286 g/mol. The van der Waals surface area contributed by atoms with Crippen molar-refractivity contribution in [2.45, 2.75) is 38.1 Å². The first-order valence-corrected chi connectivity index (χ1v) is 7.01. The molecule has 1 fully saturated rings. The SMILES string of the molecule is Cc1ccc(C(=O)OCC(=O)NC2(C#N)CCCC2)cc1. The lowest BCUT2D eigenvalue weighted by atomic mass is 10.00. The number of carbonyl (C=O) groups excluding carboxylic acids is 2. The topological polar surface area (TPSA) is 79.2 Å². The highest BCUT2D eigenvalue weighted by Crippen LogP contribution is 2.28. The Kier molecular flexibility index (Phi) is 4.59. The van der Waals surface area contributed by atoms with E-state index in [4.69, 9.17) is 4.74 Å². The maximum absolute atomic E-state index is 11.8. The van der Waals surface area contributed by atoms with Gasteiger partial charge in [-0.2, -0.15) is 5.26 Å². The second kappa shape index (κ2) is 6.40. The average Bonchev–Trinajstić information content (AvgIpc) is 2.94. The zero-order valence-electron chi connectivity index (χ0n) is 12.0. The number of nitriles is 1. The van der Waals surface area contributed by atoms with E-state index in [0.29, 0.717) is 18.4 Å². The van der Waals surface area contributed by atoms with Gasteiger partial charge in [0.25, 0.3) is 5.91 Å². The number of hydrogen-bond donors (Lipinski definition) is 1. The number of esters is 1. The van der Waals surface area contributed by atoms with E-state index in [2.05, 4.69) is 11.4 Å². The molecule has 1 aromatic rings. The fraction of sp³-hybridized carbons (Fsp3) is 0.438. The summed E-state index contributed by atoms with van der Waals surface area (Å²) < 4.78 is 4.97. The quantitative estimate of drug-likeness (QED) is 0.860. The first kappa shape index (κ1) is 15.0. The standard InChI is InChI=1S/C16H18N2O3/c1-12-4-6-13(7-5-12)15(20)21-10-14(19)18-16(11-17)8-2-3-9-16/h4-7H,2-3,8-10H2,1H3,(H,18,19). The number of carbonyl (C=O) groups is 2. The van der Waals surface area contributed by atoms with Gasteiger partial charge < -0.3 is 10.1 Å². The molecule has 0 aliphatic heterocycles. The van der Waals surface area contributed by atoms with Gasteiger partial charge in [0, 0.05) is 0 Å². The molecule has 0 atom stereocenters. The molecule has 0 aromatic heterocycles. The lowest BCUT2D eigenvalue weighted by molar-refractivity contribution is -0.125. The molecule has 1 aromatic carbocycles. The minimum atomic E-state index is -0.784. The summed E-state index contributed by atoms with van der Waals surface area (Å²) in [7, 11) is 0. The number of hydrogen-bond acceptors (Lipinski definition) is 4. The van der Waals surface area contributed by atoms with Gasteiger partial charge in [-0.25, -0.2) is 4.79 Å². The number of amides is 1. The summed E-state index contributed by atoms with van der Waals surface area (Å²) >= 11 is 0. The highest BCUT2D eigenvalue weighted by Gasteiger charge is 2.35. The van der Waals surface area contributed by atoms with E-state index in [1.807, 2.05) is 6.92 Å². The van der Waals surface area contributed by atoms with Gasteiger partial charge in [-0.15, -0.1) is 0 Å². The van der Waals surface area contributed by atoms with Crippen LogP contribution in [0, 0.1) is 18.3 Å². The number of nitrogens with one attached hydrogen (secondary N) is 1. The van der Waals surface area contributed by atoms with E-state index in [-0.39, 0.29) is 6.61 Å². The third kappa shape index (κ3) is 3.82. The Morgan fingerprint density at radius 2 is 1.90 bits per heavy atom. The molecule has 5 heteroatoms. The van der Waals surface area contributed by atoms with Crippen molar-refractivity contribution in [1.29, 1.82) is 5.26 Å². The number of nitrogens with zero attached hydrogens (tertiary/aromatic N) is 1. The van der Waals surface area contributed by atoms with E-state index in [9.17, 15) is 14.9 Å². The molecule has 1 aliphatic rings. The van der Waals surface area contributed by atoms with Crippen LogP contribution < -0.4 is 5.32 Å². The Labute approximate surface area is 123 Å². The molecule has 0 unspecified atom stereocenters. The molecule has 0 saturated heterocycles. The van der Waals surface area contributed by atoms with Gasteiger partial charge in [0.2, 0.25) is 0 Å². The van der Waals surface area contributed by atoms with Crippen LogP contribution in [0.4, 0.5) is 0 Å². The normalized spacial score (nSPS) is 16.0. The van der Waals surface area contributed by atoms with Crippen molar-refractivity contribution in [3.8, 4) is 6.07 Å². The van der Waals surface area contributed by atoms with Crippen LogP contribution in [0.3, 0.4) is 0 Å². The first-order valence-electron chi connectivity index (χ1n) is 7.01. The van der Waals surface area contributed by atoms with E-state index in [0.717, 1.165) is 18.4 Å². The lowest BCUT2D eigenvalue weighted by Gasteiger charge is -2.21. The van der Waals surface area contributed by atoms with Crippen molar-refractivity contribution in [3.05, 3.63) is 35.4 Å². The van der Waals surface area contributed by atoms with Gasteiger partial charge >= 0.3 is 5.97 Å².